The highest BCUT2D eigenvalue weighted by molar-refractivity contribution is 5.75. The smallest absolute Gasteiger partial charge is 0.315 e. The van der Waals surface area contributed by atoms with Gasteiger partial charge in [-0.1, -0.05) is 26.7 Å². The first-order valence-corrected chi connectivity index (χ1v) is 7.86. The molecule has 1 atom stereocenters. The van der Waals surface area contributed by atoms with Gasteiger partial charge in [0.2, 0.25) is 0 Å². The number of rotatable bonds is 8. The minimum absolute atomic E-state index is 0.0485. The van der Waals surface area contributed by atoms with Crippen molar-refractivity contribution in [3.05, 3.63) is 0 Å². The average molecular weight is 299 g/mol. The van der Waals surface area contributed by atoms with Gasteiger partial charge in [-0.2, -0.15) is 0 Å². The molecular formula is C15H29N3O3. The van der Waals surface area contributed by atoms with Gasteiger partial charge < -0.3 is 20.6 Å². The first kappa shape index (κ1) is 17.8. The van der Waals surface area contributed by atoms with E-state index in [0.717, 1.165) is 6.54 Å². The topological polar surface area (TPSA) is 81.7 Å². The Labute approximate surface area is 127 Å². The van der Waals surface area contributed by atoms with E-state index in [1.165, 1.54) is 25.7 Å². The summed E-state index contributed by atoms with van der Waals surface area (Å²) in [4.78, 5) is 24.9. The van der Waals surface area contributed by atoms with E-state index < -0.39 is 5.97 Å². The molecule has 1 aliphatic rings. The molecule has 21 heavy (non-hydrogen) atoms. The lowest BCUT2D eigenvalue weighted by molar-refractivity contribution is -0.137. The minimum atomic E-state index is -0.894. The van der Waals surface area contributed by atoms with Crippen LogP contribution in [0.3, 0.4) is 0 Å². The van der Waals surface area contributed by atoms with Crippen LogP contribution >= 0.6 is 0 Å². The molecule has 0 radical (unpaired) electrons. The highest BCUT2D eigenvalue weighted by Gasteiger charge is 2.20. The molecule has 3 N–H and O–H groups in total. The van der Waals surface area contributed by atoms with Crippen molar-refractivity contribution in [2.24, 2.45) is 5.92 Å². The SMILES string of the molecule is CC(C)C(CC(=O)O)NC(=O)NCCN(C)C1CCCC1. The summed E-state index contributed by atoms with van der Waals surface area (Å²) in [6.07, 6.45) is 5.04. The summed E-state index contributed by atoms with van der Waals surface area (Å²) in [7, 11) is 2.09. The summed E-state index contributed by atoms with van der Waals surface area (Å²) in [6.45, 7) is 5.21. The fraction of sp³-hybridized carbons (Fsp3) is 0.867. The number of nitrogens with one attached hydrogen (secondary N) is 2. The predicted octanol–water partition coefficient (Wildman–Crippen LogP) is 1.66. The van der Waals surface area contributed by atoms with Crippen molar-refractivity contribution in [1.29, 1.82) is 0 Å². The maximum Gasteiger partial charge on any atom is 0.315 e. The van der Waals surface area contributed by atoms with E-state index in [1.807, 2.05) is 13.8 Å². The van der Waals surface area contributed by atoms with Crippen LogP contribution in [-0.4, -0.2) is 54.2 Å². The highest BCUT2D eigenvalue weighted by atomic mass is 16.4. The van der Waals surface area contributed by atoms with Crippen LogP contribution in [0.4, 0.5) is 4.79 Å². The molecule has 122 valence electrons. The van der Waals surface area contributed by atoms with Crippen molar-refractivity contribution in [3.63, 3.8) is 0 Å². The van der Waals surface area contributed by atoms with Crippen molar-refractivity contribution in [2.75, 3.05) is 20.1 Å². The fourth-order valence-corrected chi connectivity index (χ4v) is 2.73. The third-order valence-corrected chi connectivity index (χ3v) is 4.21. The first-order chi connectivity index (χ1) is 9.90. The standard InChI is InChI=1S/C15H29N3O3/c1-11(2)13(10-14(19)20)17-15(21)16-8-9-18(3)12-6-4-5-7-12/h11-13H,4-10H2,1-3H3,(H,19,20)(H2,16,17,21). The van der Waals surface area contributed by atoms with E-state index in [-0.39, 0.29) is 24.4 Å². The lowest BCUT2D eigenvalue weighted by atomic mass is 10.0. The Morgan fingerprint density at radius 1 is 1.29 bits per heavy atom. The number of carbonyl (C=O) groups is 2. The fourth-order valence-electron chi connectivity index (χ4n) is 2.73. The Balaban J connectivity index is 2.24. The second kappa shape index (κ2) is 8.87. The number of likely N-dealkylation sites (N-methyl/N-ethyl adjacent to an activating group) is 1. The van der Waals surface area contributed by atoms with Crippen LogP contribution in [-0.2, 0) is 4.79 Å². The lowest BCUT2D eigenvalue weighted by Gasteiger charge is -2.25. The van der Waals surface area contributed by atoms with Gasteiger partial charge in [0.1, 0.15) is 0 Å². The summed E-state index contributed by atoms with van der Waals surface area (Å²) in [5.41, 5.74) is 0. The Hall–Kier alpha value is -1.30. The zero-order chi connectivity index (χ0) is 15.8. The second-order valence-corrected chi connectivity index (χ2v) is 6.27. The van der Waals surface area contributed by atoms with Crippen LogP contribution in [0.25, 0.3) is 0 Å². The minimum Gasteiger partial charge on any atom is -0.481 e. The number of aliphatic carboxylic acids is 1. The van der Waals surface area contributed by atoms with Gasteiger partial charge in [-0.05, 0) is 25.8 Å². The number of hydrogen-bond acceptors (Lipinski definition) is 3. The van der Waals surface area contributed by atoms with E-state index in [9.17, 15) is 9.59 Å². The Morgan fingerprint density at radius 3 is 2.43 bits per heavy atom. The normalized spacial score (nSPS) is 17.2. The predicted molar refractivity (Wildman–Crippen MR) is 82.3 cm³/mol. The molecule has 0 aromatic carbocycles. The van der Waals surface area contributed by atoms with E-state index in [4.69, 9.17) is 5.11 Å². The number of amides is 2. The monoisotopic (exact) mass is 299 g/mol. The van der Waals surface area contributed by atoms with Crippen molar-refractivity contribution in [2.45, 2.75) is 58.0 Å². The van der Waals surface area contributed by atoms with Gasteiger partial charge in [0.15, 0.2) is 0 Å². The molecule has 6 heteroatoms. The highest BCUT2D eigenvalue weighted by Crippen LogP contribution is 2.21. The summed E-state index contributed by atoms with van der Waals surface area (Å²) < 4.78 is 0. The maximum atomic E-state index is 11.8. The zero-order valence-electron chi connectivity index (χ0n) is 13.4. The lowest BCUT2D eigenvalue weighted by Crippen LogP contribution is -2.47. The zero-order valence-corrected chi connectivity index (χ0v) is 13.4. The van der Waals surface area contributed by atoms with Crippen molar-refractivity contribution < 1.29 is 14.7 Å². The molecule has 1 saturated carbocycles. The molecule has 6 nitrogen and oxygen atoms in total. The van der Waals surface area contributed by atoms with Gasteiger partial charge in [-0.15, -0.1) is 0 Å². The quantitative estimate of drug-likeness (QED) is 0.636. The number of nitrogens with zero attached hydrogens (tertiary/aromatic N) is 1. The second-order valence-electron chi connectivity index (χ2n) is 6.27. The van der Waals surface area contributed by atoms with Gasteiger partial charge >= 0.3 is 12.0 Å². The van der Waals surface area contributed by atoms with Gasteiger partial charge in [0, 0.05) is 25.2 Å². The largest absolute Gasteiger partial charge is 0.481 e. The summed E-state index contributed by atoms with van der Waals surface area (Å²) in [6, 6.07) is 0.0233. The molecule has 0 aromatic rings. The number of carboxylic acids is 1. The van der Waals surface area contributed by atoms with Gasteiger partial charge in [-0.25, -0.2) is 4.79 Å². The maximum absolute atomic E-state index is 11.8. The van der Waals surface area contributed by atoms with Crippen molar-refractivity contribution in [3.8, 4) is 0 Å². The van der Waals surface area contributed by atoms with Gasteiger partial charge in [0.05, 0.1) is 6.42 Å². The van der Waals surface area contributed by atoms with Crippen molar-refractivity contribution >= 4 is 12.0 Å². The van der Waals surface area contributed by atoms with E-state index in [1.54, 1.807) is 0 Å². The van der Waals surface area contributed by atoms with Crippen LogP contribution in [0, 0.1) is 5.92 Å². The molecule has 0 aromatic heterocycles. The Morgan fingerprint density at radius 2 is 1.90 bits per heavy atom. The molecule has 1 aliphatic carbocycles. The van der Waals surface area contributed by atoms with E-state index >= 15 is 0 Å². The van der Waals surface area contributed by atoms with Crippen LogP contribution in [0.5, 0.6) is 0 Å². The number of hydrogen-bond donors (Lipinski definition) is 3. The summed E-state index contributed by atoms with van der Waals surface area (Å²) >= 11 is 0. The molecule has 1 unspecified atom stereocenters. The van der Waals surface area contributed by atoms with E-state index in [0.29, 0.717) is 12.6 Å². The summed E-state index contributed by atoms with van der Waals surface area (Å²) in [5, 5.41) is 14.4. The van der Waals surface area contributed by atoms with Gasteiger partial charge in [-0.3, -0.25) is 4.79 Å². The molecule has 0 spiro atoms. The molecule has 0 heterocycles. The molecule has 0 bridgehead atoms. The van der Waals surface area contributed by atoms with E-state index in [2.05, 4.69) is 22.6 Å². The Kier molecular flexibility index (Phi) is 7.50. The molecular weight excluding hydrogens is 270 g/mol. The van der Waals surface area contributed by atoms with Gasteiger partial charge in [0.25, 0.3) is 0 Å². The van der Waals surface area contributed by atoms with Crippen molar-refractivity contribution in [1.82, 2.24) is 15.5 Å². The third kappa shape index (κ3) is 6.80. The van der Waals surface area contributed by atoms with Crippen LogP contribution in [0.1, 0.15) is 46.0 Å². The van der Waals surface area contributed by atoms with Crippen LogP contribution in [0.2, 0.25) is 0 Å². The molecule has 0 saturated heterocycles. The molecule has 1 fully saturated rings. The summed E-state index contributed by atoms with van der Waals surface area (Å²) in [5.74, 6) is -0.803. The average Bonchev–Trinajstić information content (AvgIpc) is 2.91. The Bertz CT molecular complexity index is 341. The molecule has 2 amide bonds. The number of carboxylic acid groups (broad SMARTS) is 1. The van der Waals surface area contributed by atoms with Crippen LogP contribution in [0.15, 0.2) is 0 Å². The van der Waals surface area contributed by atoms with Crippen LogP contribution < -0.4 is 10.6 Å². The first-order valence-electron chi connectivity index (χ1n) is 7.86. The molecule has 1 rings (SSSR count). The number of urea groups is 1. The number of carbonyl (C=O) groups excluding carboxylic acids is 1. The molecule has 0 aliphatic heterocycles. The third-order valence-electron chi connectivity index (χ3n) is 4.21.